The molecular formula is C34H40ClN7O4. The van der Waals surface area contributed by atoms with Crippen LogP contribution in [0.4, 0.5) is 11.4 Å². The van der Waals surface area contributed by atoms with E-state index in [-0.39, 0.29) is 36.8 Å². The molecule has 0 aliphatic carbocycles. The SMILES string of the molecule is COCc1nc(C(=O)Nc2cccc(-c3cccc(NC(=O)c4nc5c(n4C)CCN(C)C5)c3Cl)c2C)ccc1CN[C@@H](C)CO. The number of hydrogen-bond donors (Lipinski definition) is 4. The van der Waals surface area contributed by atoms with Gasteiger partial charge in [-0.15, -0.1) is 0 Å². The molecule has 11 nitrogen and oxygen atoms in total. The molecule has 0 bridgehead atoms. The molecule has 12 heteroatoms. The monoisotopic (exact) mass is 645 g/mol. The maximum Gasteiger partial charge on any atom is 0.291 e. The second kappa shape index (κ2) is 14.5. The first kappa shape index (κ1) is 33.2. The first-order valence-electron chi connectivity index (χ1n) is 15.2. The molecule has 0 saturated heterocycles. The molecule has 242 valence electrons. The van der Waals surface area contributed by atoms with E-state index in [0.29, 0.717) is 46.6 Å². The Morgan fingerprint density at radius 1 is 1.02 bits per heavy atom. The molecule has 0 fully saturated rings. The van der Waals surface area contributed by atoms with Crippen molar-refractivity contribution in [3.63, 3.8) is 0 Å². The fourth-order valence-electron chi connectivity index (χ4n) is 5.55. The number of rotatable bonds is 11. The van der Waals surface area contributed by atoms with E-state index in [1.165, 1.54) is 0 Å². The highest BCUT2D eigenvalue weighted by Gasteiger charge is 2.25. The van der Waals surface area contributed by atoms with Gasteiger partial charge in [-0.25, -0.2) is 9.97 Å². The highest BCUT2D eigenvalue weighted by Crippen LogP contribution is 2.37. The summed E-state index contributed by atoms with van der Waals surface area (Å²) in [5.74, 6) is -0.354. The number of nitrogens with zero attached hydrogens (tertiary/aromatic N) is 4. The van der Waals surface area contributed by atoms with Crippen LogP contribution in [0.15, 0.2) is 48.5 Å². The van der Waals surface area contributed by atoms with Crippen LogP contribution in [0.5, 0.6) is 0 Å². The topological polar surface area (TPSA) is 134 Å². The van der Waals surface area contributed by atoms with Gasteiger partial charge in [0, 0.05) is 63.2 Å². The Morgan fingerprint density at radius 3 is 2.48 bits per heavy atom. The molecule has 2 aromatic carbocycles. The maximum absolute atomic E-state index is 13.3. The van der Waals surface area contributed by atoms with Crippen molar-refractivity contribution in [3.8, 4) is 11.1 Å². The van der Waals surface area contributed by atoms with Gasteiger partial charge < -0.3 is 35.3 Å². The Kier molecular flexibility index (Phi) is 10.5. The molecule has 4 N–H and O–H groups in total. The molecule has 2 amide bonds. The van der Waals surface area contributed by atoms with Gasteiger partial charge in [-0.2, -0.15) is 0 Å². The highest BCUT2D eigenvalue weighted by atomic mass is 35.5. The van der Waals surface area contributed by atoms with E-state index >= 15 is 0 Å². The number of carbonyl (C=O) groups is 2. The molecule has 2 aromatic heterocycles. The zero-order valence-corrected chi connectivity index (χ0v) is 27.5. The Balaban J connectivity index is 1.35. The summed E-state index contributed by atoms with van der Waals surface area (Å²) < 4.78 is 7.18. The van der Waals surface area contributed by atoms with Crippen LogP contribution >= 0.6 is 11.6 Å². The summed E-state index contributed by atoms with van der Waals surface area (Å²) in [7, 11) is 5.48. The highest BCUT2D eigenvalue weighted by molar-refractivity contribution is 6.36. The van der Waals surface area contributed by atoms with Gasteiger partial charge in [0.05, 0.1) is 35.3 Å². The van der Waals surface area contributed by atoms with E-state index < -0.39 is 0 Å². The maximum atomic E-state index is 13.3. The zero-order valence-electron chi connectivity index (χ0n) is 26.8. The number of ether oxygens (including phenoxy) is 1. The fourth-order valence-corrected chi connectivity index (χ4v) is 5.83. The number of fused-ring (bicyclic) bond motifs is 1. The van der Waals surface area contributed by atoms with Gasteiger partial charge in [0.25, 0.3) is 11.8 Å². The van der Waals surface area contributed by atoms with Crippen molar-refractivity contribution in [1.29, 1.82) is 0 Å². The van der Waals surface area contributed by atoms with Crippen molar-refractivity contribution < 1.29 is 19.4 Å². The van der Waals surface area contributed by atoms with Gasteiger partial charge in [0.1, 0.15) is 5.69 Å². The lowest BCUT2D eigenvalue weighted by Gasteiger charge is -2.21. The van der Waals surface area contributed by atoms with Crippen LogP contribution in [0.1, 0.15) is 56.2 Å². The van der Waals surface area contributed by atoms with Crippen molar-refractivity contribution >= 4 is 34.8 Å². The molecule has 1 atom stereocenters. The molecule has 46 heavy (non-hydrogen) atoms. The van der Waals surface area contributed by atoms with Crippen LogP contribution in [-0.2, 0) is 37.9 Å². The van der Waals surface area contributed by atoms with Crippen LogP contribution < -0.4 is 16.0 Å². The molecule has 1 aliphatic rings. The number of aliphatic hydroxyl groups is 1. The number of anilines is 2. The van der Waals surface area contributed by atoms with E-state index in [1.807, 2.05) is 68.9 Å². The molecule has 1 aliphatic heterocycles. The summed E-state index contributed by atoms with van der Waals surface area (Å²) in [6, 6.07) is 14.5. The number of imidazole rings is 1. The quantitative estimate of drug-likeness (QED) is 0.187. The largest absolute Gasteiger partial charge is 0.395 e. The number of aromatic nitrogens is 3. The fraction of sp³-hybridized carbons (Fsp3) is 0.353. The van der Waals surface area contributed by atoms with E-state index in [9.17, 15) is 14.7 Å². The van der Waals surface area contributed by atoms with Crippen LogP contribution in [0.25, 0.3) is 11.1 Å². The van der Waals surface area contributed by atoms with Crippen LogP contribution in [0.3, 0.4) is 0 Å². The molecular weight excluding hydrogens is 606 g/mol. The first-order valence-corrected chi connectivity index (χ1v) is 15.5. The lowest BCUT2D eigenvalue weighted by molar-refractivity contribution is 0.100. The van der Waals surface area contributed by atoms with Gasteiger partial charge in [-0.1, -0.05) is 41.9 Å². The van der Waals surface area contributed by atoms with Crippen LogP contribution in [0, 0.1) is 6.92 Å². The summed E-state index contributed by atoms with van der Waals surface area (Å²) in [4.78, 5) is 38.1. The smallest absolute Gasteiger partial charge is 0.291 e. The van der Waals surface area contributed by atoms with Gasteiger partial charge in [0.2, 0.25) is 0 Å². The minimum Gasteiger partial charge on any atom is -0.395 e. The minimum atomic E-state index is -0.364. The number of likely N-dealkylation sites (N-methyl/N-ethyl adjacent to an activating group) is 1. The van der Waals surface area contributed by atoms with E-state index in [0.717, 1.165) is 41.0 Å². The number of carbonyl (C=O) groups excluding carboxylic acids is 2. The molecule has 0 radical (unpaired) electrons. The summed E-state index contributed by atoms with van der Waals surface area (Å²) >= 11 is 6.90. The first-order chi connectivity index (χ1) is 22.1. The second-order valence-corrected chi connectivity index (χ2v) is 12.0. The Hall–Kier alpha value is -4.13. The third-order valence-electron chi connectivity index (χ3n) is 8.27. The number of halogens is 1. The number of aliphatic hydroxyl groups excluding tert-OH is 1. The van der Waals surface area contributed by atoms with Gasteiger partial charge in [-0.3, -0.25) is 9.59 Å². The van der Waals surface area contributed by atoms with Gasteiger partial charge in [0.15, 0.2) is 5.82 Å². The van der Waals surface area contributed by atoms with Gasteiger partial charge >= 0.3 is 0 Å². The van der Waals surface area contributed by atoms with Crippen LogP contribution in [-0.4, -0.2) is 69.7 Å². The van der Waals surface area contributed by atoms with Crippen molar-refractivity contribution in [2.45, 2.75) is 46.0 Å². The molecule has 0 unspecified atom stereocenters. The normalized spacial score (nSPS) is 13.7. The number of nitrogens with one attached hydrogen (secondary N) is 3. The van der Waals surface area contributed by atoms with Crippen molar-refractivity contribution in [2.75, 3.05) is 37.9 Å². The average molecular weight is 646 g/mol. The lowest BCUT2D eigenvalue weighted by Crippen LogP contribution is -2.29. The second-order valence-electron chi connectivity index (χ2n) is 11.6. The van der Waals surface area contributed by atoms with Crippen molar-refractivity contribution in [3.05, 3.63) is 93.3 Å². The summed E-state index contributed by atoms with van der Waals surface area (Å²) in [6.45, 7) is 6.15. The van der Waals surface area contributed by atoms with E-state index in [1.54, 1.807) is 19.2 Å². The third kappa shape index (κ3) is 7.14. The van der Waals surface area contributed by atoms with Gasteiger partial charge in [-0.05, 0) is 55.8 Å². The number of hydrogen-bond acceptors (Lipinski definition) is 8. The molecule has 4 aromatic rings. The minimum absolute atomic E-state index is 0.0147. The van der Waals surface area contributed by atoms with E-state index in [2.05, 4.69) is 30.8 Å². The molecule has 3 heterocycles. The number of benzene rings is 2. The van der Waals surface area contributed by atoms with Crippen LogP contribution in [0.2, 0.25) is 5.02 Å². The standard InChI is InChI=1S/C34H40ClN7O4/c1-20(18-43)36-16-22-12-13-27(37-29(22)19-46-5)33(44)39-25-10-6-8-23(21(25)2)24-9-7-11-26(31(24)35)40-34(45)32-38-28-17-41(3)15-14-30(28)42(32)4/h6-13,20,36,43H,14-19H2,1-5H3,(H,39,44)(H,40,45)/t20-/m0/s1. The van der Waals surface area contributed by atoms with Crippen molar-refractivity contribution in [1.82, 2.24) is 24.8 Å². The summed E-state index contributed by atoms with van der Waals surface area (Å²) in [5.41, 5.74) is 7.16. The molecule has 5 rings (SSSR count). The molecule has 0 spiro atoms. The predicted molar refractivity (Wildman–Crippen MR) is 179 cm³/mol. The van der Waals surface area contributed by atoms with Crippen molar-refractivity contribution in [2.24, 2.45) is 7.05 Å². The average Bonchev–Trinajstić information content (AvgIpc) is 3.37. The van der Waals surface area contributed by atoms with E-state index in [4.69, 9.17) is 16.3 Å². The zero-order chi connectivity index (χ0) is 33.0. The number of methoxy groups -OCH3 is 1. The third-order valence-corrected chi connectivity index (χ3v) is 8.67. The Labute approximate surface area is 274 Å². The number of pyridine rings is 1. The summed E-state index contributed by atoms with van der Waals surface area (Å²) in [5, 5.41) is 18.9. The Morgan fingerprint density at radius 2 is 1.74 bits per heavy atom. The molecule has 0 saturated carbocycles. The number of amides is 2. The lowest BCUT2D eigenvalue weighted by atomic mass is 9.98. The predicted octanol–water partition coefficient (Wildman–Crippen LogP) is 4.55. The Bertz CT molecular complexity index is 1760. The summed E-state index contributed by atoms with van der Waals surface area (Å²) in [6.07, 6.45) is 0.836.